The van der Waals surface area contributed by atoms with Crippen LogP contribution in [-0.2, 0) is 16.1 Å². The molecular weight excluding hydrogens is 360 g/mol. The van der Waals surface area contributed by atoms with E-state index in [9.17, 15) is 9.59 Å². The van der Waals surface area contributed by atoms with Gasteiger partial charge in [-0.25, -0.2) is 0 Å². The number of thiazole rings is 1. The van der Waals surface area contributed by atoms with Crippen LogP contribution in [0.2, 0.25) is 5.02 Å². The number of hydrogen-bond acceptors (Lipinski definition) is 4. The lowest BCUT2D eigenvalue weighted by Gasteiger charge is -2.34. The van der Waals surface area contributed by atoms with E-state index in [1.165, 1.54) is 11.3 Å². The summed E-state index contributed by atoms with van der Waals surface area (Å²) in [5, 5.41) is 10.6. The fraction of sp³-hybridized carbons (Fsp3) is 0.353. The third-order valence-corrected chi connectivity index (χ3v) is 5.37. The van der Waals surface area contributed by atoms with E-state index in [4.69, 9.17) is 17.0 Å². The number of halogens is 1. The summed E-state index contributed by atoms with van der Waals surface area (Å²) in [6, 6.07) is 7.36. The van der Waals surface area contributed by atoms with Gasteiger partial charge in [0.1, 0.15) is 6.54 Å². The molecule has 25 heavy (non-hydrogen) atoms. The molecule has 0 spiro atoms. The van der Waals surface area contributed by atoms with Crippen LogP contribution in [0.25, 0.3) is 11.3 Å². The second-order valence-corrected chi connectivity index (χ2v) is 7.20. The third-order valence-electron chi connectivity index (χ3n) is 4.33. The Morgan fingerprint density at radius 2 is 1.72 bits per heavy atom. The number of aromatic nitrogens is 1. The smallest absolute Gasteiger partial charge is 0.242 e. The van der Waals surface area contributed by atoms with Gasteiger partial charge in [-0.2, -0.15) is 0 Å². The van der Waals surface area contributed by atoms with E-state index in [0.717, 1.165) is 11.3 Å². The molecule has 0 bridgehead atoms. The quantitative estimate of drug-likeness (QED) is 0.887. The summed E-state index contributed by atoms with van der Waals surface area (Å²) in [4.78, 5) is 27.9. The van der Waals surface area contributed by atoms with Gasteiger partial charge in [-0.1, -0.05) is 23.7 Å². The molecular formula is C17H19ClN4O2S. The highest BCUT2D eigenvalue weighted by atomic mass is 35.5. The Bertz CT molecular complexity index is 835. The molecule has 0 aliphatic carbocycles. The predicted octanol–water partition coefficient (Wildman–Crippen LogP) is 2.04. The largest absolute Gasteiger partial charge is 0.339 e. The molecule has 132 valence electrons. The molecule has 1 fully saturated rings. The van der Waals surface area contributed by atoms with Crippen molar-refractivity contribution in [2.45, 2.75) is 13.5 Å². The van der Waals surface area contributed by atoms with E-state index in [0.29, 0.717) is 36.0 Å². The van der Waals surface area contributed by atoms with Gasteiger partial charge in [-0.05, 0) is 17.7 Å². The second-order valence-electron chi connectivity index (χ2n) is 5.91. The van der Waals surface area contributed by atoms with Crippen LogP contribution in [0.1, 0.15) is 6.92 Å². The maximum atomic E-state index is 12.6. The number of carbonyl (C=O) groups is 2. The van der Waals surface area contributed by atoms with E-state index in [1.54, 1.807) is 33.4 Å². The molecule has 2 aromatic rings. The average Bonchev–Trinajstić information content (AvgIpc) is 2.96. The number of piperazine rings is 1. The lowest BCUT2D eigenvalue weighted by Crippen LogP contribution is -2.51. The predicted molar refractivity (Wildman–Crippen MR) is 97.4 cm³/mol. The first kappa shape index (κ1) is 17.7. The molecule has 1 aromatic heterocycles. The molecule has 1 saturated heterocycles. The number of hydrogen-bond donors (Lipinski definition) is 1. The van der Waals surface area contributed by atoms with E-state index < -0.39 is 0 Å². The van der Waals surface area contributed by atoms with Crippen molar-refractivity contribution in [1.82, 2.24) is 14.4 Å². The highest BCUT2D eigenvalue weighted by Crippen LogP contribution is 2.22. The van der Waals surface area contributed by atoms with Gasteiger partial charge in [0, 0.05) is 43.5 Å². The highest BCUT2D eigenvalue weighted by molar-refractivity contribution is 7.07. The number of benzene rings is 1. The van der Waals surface area contributed by atoms with Crippen LogP contribution < -0.4 is 4.80 Å². The van der Waals surface area contributed by atoms with E-state index in [1.807, 2.05) is 17.5 Å². The van der Waals surface area contributed by atoms with Crippen molar-refractivity contribution in [3.8, 4) is 11.3 Å². The maximum absolute atomic E-state index is 12.6. The van der Waals surface area contributed by atoms with Gasteiger partial charge in [0.25, 0.3) is 0 Å². The summed E-state index contributed by atoms with van der Waals surface area (Å²) >= 11 is 7.23. The molecule has 1 aliphatic rings. The van der Waals surface area contributed by atoms with E-state index >= 15 is 0 Å². The Morgan fingerprint density at radius 1 is 1.12 bits per heavy atom. The van der Waals surface area contributed by atoms with Gasteiger partial charge in [0.15, 0.2) is 4.80 Å². The zero-order chi connectivity index (χ0) is 18.0. The number of amides is 2. The molecule has 1 aliphatic heterocycles. The van der Waals surface area contributed by atoms with Crippen LogP contribution in [0.4, 0.5) is 0 Å². The Hall–Kier alpha value is -2.12. The fourth-order valence-electron chi connectivity index (χ4n) is 2.86. The standard InChI is InChI=1S/C17H19ClN4O2S/c1-12(23)20-6-8-21(9-7-20)16(24)10-22-15(11-25-17(22)19)13-2-4-14(18)5-3-13/h2-5,11,19H,6-10H2,1H3. The summed E-state index contributed by atoms with van der Waals surface area (Å²) in [5.74, 6) is 0.00749. The Morgan fingerprint density at radius 3 is 2.32 bits per heavy atom. The lowest BCUT2D eigenvalue weighted by atomic mass is 10.2. The Kier molecular flexibility index (Phi) is 5.24. The maximum Gasteiger partial charge on any atom is 0.242 e. The molecule has 6 nitrogen and oxygen atoms in total. The van der Waals surface area contributed by atoms with Crippen molar-refractivity contribution in [3.05, 3.63) is 39.5 Å². The van der Waals surface area contributed by atoms with Crippen molar-refractivity contribution in [3.63, 3.8) is 0 Å². The van der Waals surface area contributed by atoms with Crippen LogP contribution in [0.5, 0.6) is 0 Å². The molecule has 0 unspecified atom stereocenters. The zero-order valence-electron chi connectivity index (χ0n) is 13.9. The number of rotatable bonds is 3. The van der Waals surface area contributed by atoms with Gasteiger partial charge in [0.2, 0.25) is 11.8 Å². The molecule has 1 aromatic carbocycles. The monoisotopic (exact) mass is 378 g/mol. The van der Waals surface area contributed by atoms with Crippen LogP contribution in [-0.4, -0.2) is 52.4 Å². The van der Waals surface area contributed by atoms with Crippen LogP contribution in [0.3, 0.4) is 0 Å². The molecule has 0 saturated carbocycles. The fourth-order valence-corrected chi connectivity index (χ4v) is 3.76. The first-order valence-electron chi connectivity index (χ1n) is 7.98. The highest BCUT2D eigenvalue weighted by Gasteiger charge is 2.23. The van der Waals surface area contributed by atoms with Crippen molar-refractivity contribution in [1.29, 1.82) is 5.41 Å². The SMILES string of the molecule is CC(=O)N1CCN(C(=O)Cn2c(-c3ccc(Cl)cc3)csc2=N)CC1. The third kappa shape index (κ3) is 3.93. The van der Waals surface area contributed by atoms with E-state index in [2.05, 4.69) is 0 Å². The Labute approximate surface area is 154 Å². The second kappa shape index (κ2) is 7.41. The van der Waals surface area contributed by atoms with Crippen molar-refractivity contribution in [2.24, 2.45) is 0 Å². The number of nitrogens with zero attached hydrogens (tertiary/aromatic N) is 3. The van der Waals surface area contributed by atoms with Gasteiger partial charge >= 0.3 is 0 Å². The minimum Gasteiger partial charge on any atom is -0.339 e. The normalized spacial score (nSPS) is 14.6. The zero-order valence-corrected chi connectivity index (χ0v) is 15.4. The molecule has 2 amide bonds. The molecule has 8 heteroatoms. The molecule has 2 heterocycles. The van der Waals surface area contributed by atoms with Crippen LogP contribution in [0.15, 0.2) is 29.6 Å². The van der Waals surface area contributed by atoms with Crippen LogP contribution >= 0.6 is 22.9 Å². The minimum absolute atomic E-state index is 0.0321. The topological polar surface area (TPSA) is 69.4 Å². The number of nitrogens with one attached hydrogen (secondary N) is 1. The summed E-state index contributed by atoms with van der Waals surface area (Å²) in [6.07, 6.45) is 0. The molecule has 1 N–H and O–H groups in total. The molecule has 0 radical (unpaired) electrons. The minimum atomic E-state index is -0.0321. The molecule has 3 rings (SSSR count). The Balaban J connectivity index is 1.74. The van der Waals surface area contributed by atoms with Crippen molar-refractivity contribution < 1.29 is 9.59 Å². The average molecular weight is 379 g/mol. The first-order valence-corrected chi connectivity index (χ1v) is 9.23. The van der Waals surface area contributed by atoms with Gasteiger partial charge in [0.05, 0.1) is 5.69 Å². The van der Waals surface area contributed by atoms with Gasteiger partial charge in [-0.3, -0.25) is 15.0 Å². The van der Waals surface area contributed by atoms with Crippen LogP contribution in [0, 0.1) is 5.41 Å². The summed E-state index contributed by atoms with van der Waals surface area (Å²) in [7, 11) is 0. The van der Waals surface area contributed by atoms with Crippen molar-refractivity contribution >= 4 is 34.8 Å². The van der Waals surface area contributed by atoms with E-state index in [-0.39, 0.29) is 18.4 Å². The number of carbonyl (C=O) groups excluding carboxylic acids is 2. The summed E-state index contributed by atoms with van der Waals surface area (Å²) in [5.41, 5.74) is 1.76. The first-order chi connectivity index (χ1) is 12.0. The summed E-state index contributed by atoms with van der Waals surface area (Å²) in [6.45, 7) is 3.86. The lowest BCUT2D eigenvalue weighted by molar-refractivity contribution is -0.138. The van der Waals surface area contributed by atoms with Gasteiger partial charge < -0.3 is 14.4 Å². The van der Waals surface area contributed by atoms with Gasteiger partial charge in [-0.15, -0.1) is 11.3 Å². The molecule has 0 atom stereocenters. The van der Waals surface area contributed by atoms with Crippen molar-refractivity contribution in [2.75, 3.05) is 26.2 Å². The summed E-state index contributed by atoms with van der Waals surface area (Å²) < 4.78 is 1.72.